The predicted octanol–water partition coefficient (Wildman–Crippen LogP) is 0.844. The second-order valence-corrected chi connectivity index (χ2v) is 7.90. The maximum Gasteiger partial charge on any atom is 0.270 e. The quantitative estimate of drug-likeness (QED) is 0.719. The summed E-state index contributed by atoms with van der Waals surface area (Å²) >= 11 is 0. The molecule has 3 aliphatic rings. The van der Waals surface area contributed by atoms with Gasteiger partial charge in [-0.05, 0) is 39.8 Å². The number of benzene rings is 1. The molecule has 3 aliphatic heterocycles. The van der Waals surface area contributed by atoms with Gasteiger partial charge in [0.2, 0.25) is 0 Å². The van der Waals surface area contributed by atoms with Crippen molar-refractivity contribution in [2.75, 3.05) is 0 Å². The third-order valence-electron chi connectivity index (χ3n) is 4.75. The number of rotatable bonds is 2. The van der Waals surface area contributed by atoms with Gasteiger partial charge in [-0.2, -0.15) is 0 Å². The van der Waals surface area contributed by atoms with E-state index in [4.69, 9.17) is 23.7 Å². The van der Waals surface area contributed by atoms with Crippen LogP contribution < -0.4 is 10.9 Å². The molecular weight excluding hydrogens is 368 g/mol. The SMILES string of the molecule is CC1(C)O[C@@H]2[C@@H](O1)[C@H](C(=O)NNC(=O)c1ccccc1)O[C@H]1OC(C)(C)O[C@@H]12. The van der Waals surface area contributed by atoms with Gasteiger partial charge in [0.05, 0.1) is 0 Å². The summed E-state index contributed by atoms with van der Waals surface area (Å²) in [4.78, 5) is 24.9. The van der Waals surface area contributed by atoms with Crippen molar-refractivity contribution in [3.05, 3.63) is 35.9 Å². The third kappa shape index (κ3) is 3.63. The number of amides is 2. The minimum absolute atomic E-state index is 0.418. The average Bonchev–Trinajstić information content (AvgIpc) is 3.13. The maximum absolute atomic E-state index is 12.8. The smallest absolute Gasteiger partial charge is 0.270 e. The van der Waals surface area contributed by atoms with E-state index in [1.165, 1.54) is 0 Å². The lowest BCUT2D eigenvalue weighted by atomic mass is 9.98. The summed E-state index contributed by atoms with van der Waals surface area (Å²) in [6.45, 7) is 7.04. The van der Waals surface area contributed by atoms with E-state index in [0.29, 0.717) is 5.56 Å². The van der Waals surface area contributed by atoms with Crippen LogP contribution >= 0.6 is 0 Å². The Morgan fingerprint density at radius 3 is 2.14 bits per heavy atom. The number of hydrogen-bond donors (Lipinski definition) is 2. The molecule has 28 heavy (non-hydrogen) atoms. The predicted molar refractivity (Wildman–Crippen MR) is 94.6 cm³/mol. The Balaban J connectivity index is 1.47. The fourth-order valence-corrected chi connectivity index (χ4v) is 3.67. The maximum atomic E-state index is 12.8. The van der Waals surface area contributed by atoms with Crippen molar-refractivity contribution in [3.63, 3.8) is 0 Å². The van der Waals surface area contributed by atoms with Crippen molar-refractivity contribution < 1.29 is 33.3 Å². The van der Waals surface area contributed by atoms with Gasteiger partial charge in [0, 0.05) is 5.56 Å². The molecule has 9 heteroatoms. The highest BCUT2D eigenvalue weighted by atomic mass is 16.9. The molecule has 0 unspecified atom stereocenters. The van der Waals surface area contributed by atoms with E-state index < -0.39 is 54.1 Å². The molecule has 4 rings (SSSR count). The molecule has 3 heterocycles. The Kier molecular flexibility index (Phi) is 4.67. The third-order valence-corrected chi connectivity index (χ3v) is 4.75. The lowest BCUT2D eigenvalue weighted by Crippen LogP contribution is -2.61. The number of carbonyl (C=O) groups excluding carboxylic acids is 2. The first-order chi connectivity index (χ1) is 13.2. The topological polar surface area (TPSA) is 104 Å². The zero-order valence-corrected chi connectivity index (χ0v) is 16.1. The van der Waals surface area contributed by atoms with Gasteiger partial charge in [0.15, 0.2) is 24.0 Å². The molecule has 2 amide bonds. The minimum Gasteiger partial charge on any atom is -0.342 e. The first kappa shape index (κ1) is 19.3. The van der Waals surface area contributed by atoms with Gasteiger partial charge in [-0.15, -0.1) is 0 Å². The Morgan fingerprint density at radius 1 is 0.821 bits per heavy atom. The van der Waals surface area contributed by atoms with Gasteiger partial charge in [0.25, 0.3) is 11.8 Å². The van der Waals surface area contributed by atoms with Crippen LogP contribution in [-0.4, -0.2) is 54.1 Å². The van der Waals surface area contributed by atoms with E-state index in [2.05, 4.69) is 10.9 Å². The average molecular weight is 392 g/mol. The minimum atomic E-state index is -1.04. The monoisotopic (exact) mass is 392 g/mol. The highest BCUT2D eigenvalue weighted by Crippen LogP contribution is 2.44. The van der Waals surface area contributed by atoms with Gasteiger partial charge in [0.1, 0.15) is 18.3 Å². The second-order valence-electron chi connectivity index (χ2n) is 7.90. The normalized spacial score (nSPS) is 34.9. The number of fused-ring (bicyclic) bond motifs is 3. The number of hydrazine groups is 1. The van der Waals surface area contributed by atoms with E-state index in [1.807, 2.05) is 0 Å². The summed E-state index contributed by atoms with van der Waals surface area (Å²) in [5.41, 5.74) is 5.20. The standard InChI is InChI=1S/C19H24N2O7/c1-18(2)25-11-12(26-18)14-17(28-19(3,4)27-14)24-13(11)16(23)21-20-15(22)10-8-6-5-7-9-10/h5-9,11-14,17H,1-4H3,(H,20,22)(H,21,23)/t11-,12-,13-,14-,17+/m1/s1. The summed E-state index contributed by atoms with van der Waals surface area (Å²) in [5, 5.41) is 0. The van der Waals surface area contributed by atoms with E-state index in [-0.39, 0.29) is 0 Å². The fraction of sp³-hybridized carbons (Fsp3) is 0.579. The summed E-state index contributed by atoms with van der Waals surface area (Å²) in [5.74, 6) is -2.78. The summed E-state index contributed by atoms with van der Waals surface area (Å²) in [7, 11) is 0. The molecule has 0 aromatic heterocycles. The summed E-state index contributed by atoms with van der Waals surface area (Å²) < 4.78 is 29.3. The number of carbonyl (C=O) groups is 2. The van der Waals surface area contributed by atoms with Crippen LogP contribution in [0.4, 0.5) is 0 Å². The molecule has 0 saturated carbocycles. The van der Waals surface area contributed by atoms with Crippen molar-refractivity contribution in [2.24, 2.45) is 0 Å². The van der Waals surface area contributed by atoms with Crippen molar-refractivity contribution in [2.45, 2.75) is 70.0 Å². The summed E-state index contributed by atoms with van der Waals surface area (Å²) in [6.07, 6.45) is -3.60. The molecule has 5 atom stereocenters. The van der Waals surface area contributed by atoms with Gasteiger partial charge >= 0.3 is 0 Å². The molecular formula is C19H24N2O7. The second kappa shape index (κ2) is 6.78. The fourth-order valence-electron chi connectivity index (χ4n) is 3.67. The lowest BCUT2D eigenvalue weighted by Gasteiger charge is -2.36. The van der Waals surface area contributed by atoms with Crippen LogP contribution in [0.3, 0.4) is 0 Å². The highest BCUT2D eigenvalue weighted by Gasteiger charge is 2.62. The molecule has 0 aliphatic carbocycles. The largest absolute Gasteiger partial charge is 0.342 e. The Labute approximate surface area is 162 Å². The van der Waals surface area contributed by atoms with Gasteiger partial charge < -0.3 is 23.7 Å². The molecule has 1 aromatic carbocycles. The molecule has 1 aromatic rings. The van der Waals surface area contributed by atoms with Crippen molar-refractivity contribution >= 4 is 11.8 Å². The Bertz CT molecular complexity index is 767. The highest BCUT2D eigenvalue weighted by molar-refractivity contribution is 5.95. The Morgan fingerprint density at radius 2 is 1.43 bits per heavy atom. The lowest BCUT2D eigenvalue weighted by molar-refractivity contribution is -0.231. The number of hydrogen-bond acceptors (Lipinski definition) is 7. The number of ether oxygens (including phenoxy) is 5. The molecule has 0 spiro atoms. The molecule has 3 saturated heterocycles. The molecule has 152 valence electrons. The van der Waals surface area contributed by atoms with Crippen LogP contribution in [-0.2, 0) is 28.5 Å². The van der Waals surface area contributed by atoms with Gasteiger partial charge in [-0.3, -0.25) is 20.4 Å². The van der Waals surface area contributed by atoms with E-state index in [0.717, 1.165) is 0 Å². The van der Waals surface area contributed by atoms with Gasteiger partial charge in [-0.1, -0.05) is 18.2 Å². The zero-order valence-electron chi connectivity index (χ0n) is 16.1. The van der Waals surface area contributed by atoms with Crippen molar-refractivity contribution in [1.29, 1.82) is 0 Å². The molecule has 0 radical (unpaired) electrons. The molecule has 2 N–H and O–H groups in total. The summed E-state index contributed by atoms with van der Waals surface area (Å²) in [6, 6.07) is 8.54. The van der Waals surface area contributed by atoms with Crippen LogP contribution in [0.1, 0.15) is 38.1 Å². The van der Waals surface area contributed by atoms with Crippen molar-refractivity contribution in [3.8, 4) is 0 Å². The number of nitrogens with one attached hydrogen (secondary N) is 2. The van der Waals surface area contributed by atoms with E-state index >= 15 is 0 Å². The van der Waals surface area contributed by atoms with Crippen LogP contribution in [0.5, 0.6) is 0 Å². The van der Waals surface area contributed by atoms with Gasteiger partial charge in [-0.25, -0.2) is 0 Å². The van der Waals surface area contributed by atoms with Crippen LogP contribution in [0, 0.1) is 0 Å². The first-order valence-electron chi connectivity index (χ1n) is 9.17. The molecule has 3 fully saturated rings. The van der Waals surface area contributed by atoms with Crippen LogP contribution in [0.15, 0.2) is 30.3 Å². The molecule has 9 nitrogen and oxygen atoms in total. The first-order valence-corrected chi connectivity index (χ1v) is 9.17. The van der Waals surface area contributed by atoms with Crippen LogP contribution in [0.25, 0.3) is 0 Å². The van der Waals surface area contributed by atoms with Crippen molar-refractivity contribution in [1.82, 2.24) is 10.9 Å². The Hall–Kier alpha value is -2.04. The van der Waals surface area contributed by atoms with Crippen LogP contribution in [0.2, 0.25) is 0 Å². The van der Waals surface area contributed by atoms with E-state index in [1.54, 1.807) is 58.0 Å². The van der Waals surface area contributed by atoms with E-state index in [9.17, 15) is 9.59 Å². The zero-order chi connectivity index (χ0) is 20.1. The molecule has 0 bridgehead atoms.